The molecule has 0 aromatic rings. The summed E-state index contributed by atoms with van der Waals surface area (Å²) in [5.74, 6) is -0.112. The number of carbonyl (C=O) groups excluding carboxylic acids is 1. The van der Waals surface area contributed by atoms with E-state index in [1.807, 2.05) is 0 Å². The number of methoxy groups -OCH3 is 1. The molecule has 0 bridgehead atoms. The number of rotatable bonds is 3. The van der Waals surface area contributed by atoms with Gasteiger partial charge in [0.15, 0.2) is 0 Å². The Hall–Kier alpha value is -0.610. The second-order valence-electron chi connectivity index (χ2n) is 3.88. The van der Waals surface area contributed by atoms with Crippen molar-refractivity contribution in [1.29, 1.82) is 0 Å². The smallest absolute Gasteiger partial charge is 0.327 e. The van der Waals surface area contributed by atoms with Crippen molar-refractivity contribution in [3.05, 3.63) is 0 Å². The van der Waals surface area contributed by atoms with E-state index in [0.717, 1.165) is 25.9 Å². The molecule has 1 saturated heterocycles. The summed E-state index contributed by atoms with van der Waals surface area (Å²) in [5.41, 5.74) is 2.91. The maximum absolute atomic E-state index is 11.4. The lowest BCUT2D eigenvalue weighted by Crippen LogP contribution is -2.49. The lowest BCUT2D eigenvalue weighted by atomic mass is 10.3. The molecule has 1 N–H and O–H groups in total. The van der Waals surface area contributed by atoms with E-state index in [4.69, 9.17) is 4.74 Å². The molecular weight excluding hydrogens is 168 g/mol. The number of hydrazine groups is 1. The number of ether oxygens (including phenoxy) is 1. The summed E-state index contributed by atoms with van der Waals surface area (Å²) >= 11 is 0. The SMILES string of the molecule is COC(=O)C1(NN2CCCC2)CC1. The van der Waals surface area contributed by atoms with Crippen LogP contribution in [0.1, 0.15) is 25.7 Å². The Morgan fingerprint density at radius 2 is 2.00 bits per heavy atom. The minimum atomic E-state index is -0.362. The Kier molecular flexibility index (Phi) is 2.26. The number of esters is 1. The average molecular weight is 184 g/mol. The van der Waals surface area contributed by atoms with E-state index < -0.39 is 0 Å². The van der Waals surface area contributed by atoms with Crippen molar-refractivity contribution in [2.75, 3.05) is 20.2 Å². The van der Waals surface area contributed by atoms with Crippen LogP contribution in [0.4, 0.5) is 0 Å². The van der Waals surface area contributed by atoms with Gasteiger partial charge in [0, 0.05) is 13.1 Å². The number of carbonyl (C=O) groups is 1. The third-order valence-corrected chi connectivity index (χ3v) is 2.80. The molecule has 2 aliphatic rings. The topological polar surface area (TPSA) is 41.6 Å². The zero-order valence-corrected chi connectivity index (χ0v) is 8.01. The van der Waals surface area contributed by atoms with Gasteiger partial charge < -0.3 is 4.74 Å². The second kappa shape index (κ2) is 3.27. The highest BCUT2D eigenvalue weighted by Gasteiger charge is 2.52. The number of nitrogens with one attached hydrogen (secondary N) is 1. The van der Waals surface area contributed by atoms with Crippen LogP contribution in [-0.2, 0) is 9.53 Å². The molecule has 2 rings (SSSR count). The first kappa shape index (κ1) is 8.97. The van der Waals surface area contributed by atoms with Crippen LogP contribution in [0.3, 0.4) is 0 Å². The summed E-state index contributed by atoms with van der Waals surface area (Å²) in [5, 5.41) is 2.14. The van der Waals surface area contributed by atoms with Gasteiger partial charge in [0.05, 0.1) is 7.11 Å². The van der Waals surface area contributed by atoms with Gasteiger partial charge in [0.1, 0.15) is 5.54 Å². The molecular formula is C9H16N2O2. The Morgan fingerprint density at radius 1 is 1.38 bits per heavy atom. The summed E-state index contributed by atoms with van der Waals surface area (Å²) in [4.78, 5) is 11.4. The van der Waals surface area contributed by atoms with E-state index in [9.17, 15) is 4.79 Å². The summed E-state index contributed by atoms with van der Waals surface area (Å²) in [6.07, 6.45) is 4.28. The van der Waals surface area contributed by atoms with Gasteiger partial charge in [-0.3, -0.25) is 4.79 Å². The molecule has 1 aliphatic carbocycles. The van der Waals surface area contributed by atoms with Crippen molar-refractivity contribution in [3.63, 3.8) is 0 Å². The molecule has 4 nitrogen and oxygen atoms in total. The van der Waals surface area contributed by atoms with Crippen LogP contribution in [-0.4, -0.2) is 36.7 Å². The number of hydrogen-bond donors (Lipinski definition) is 1. The van der Waals surface area contributed by atoms with Crippen molar-refractivity contribution in [2.24, 2.45) is 0 Å². The fraction of sp³-hybridized carbons (Fsp3) is 0.889. The van der Waals surface area contributed by atoms with E-state index in [0.29, 0.717) is 0 Å². The van der Waals surface area contributed by atoms with Gasteiger partial charge in [-0.25, -0.2) is 10.4 Å². The summed E-state index contributed by atoms with van der Waals surface area (Å²) in [7, 11) is 1.45. The molecule has 1 saturated carbocycles. The second-order valence-corrected chi connectivity index (χ2v) is 3.88. The first-order valence-electron chi connectivity index (χ1n) is 4.88. The normalized spacial score (nSPS) is 25.9. The monoisotopic (exact) mass is 184 g/mol. The van der Waals surface area contributed by atoms with Gasteiger partial charge in [0.2, 0.25) is 0 Å². The maximum Gasteiger partial charge on any atom is 0.327 e. The molecule has 0 amide bonds. The van der Waals surface area contributed by atoms with Crippen LogP contribution in [0.2, 0.25) is 0 Å². The van der Waals surface area contributed by atoms with E-state index in [1.165, 1.54) is 20.0 Å². The molecule has 0 unspecified atom stereocenters. The van der Waals surface area contributed by atoms with Crippen LogP contribution in [0, 0.1) is 0 Å². The van der Waals surface area contributed by atoms with Crippen LogP contribution in [0.25, 0.3) is 0 Å². The van der Waals surface area contributed by atoms with E-state index in [1.54, 1.807) is 0 Å². The minimum absolute atomic E-state index is 0.112. The highest BCUT2D eigenvalue weighted by atomic mass is 16.5. The predicted molar refractivity (Wildman–Crippen MR) is 47.9 cm³/mol. The Balaban J connectivity index is 1.89. The predicted octanol–water partition coefficient (Wildman–Crippen LogP) is 0.292. The molecule has 0 aromatic carbocycles. The van der Waals surface area contributed by atoms with Crippen molar-refractivity contribution in [3.8, 4) is 0 Å². The summed E-state index contributed by atoms with van der Waals surface area (Å²) in [6.45, 7) is 2.11. The standard InChI is InChI=1S/C9H16N2O2/c1-13-8(12)9(4-5-9)10-11-6-2-3-7-11/h10H,2-7H2,1H3. The molecule has 0 radical (unpaired) electrons. The lowest BCUT2D eigenvalue weighted by Gasteiger charge is -2.22. The van der Waals surface area contributed by atoms with Crippen LogP contribution < -0.4 is 5.43 Å². The zero-order valence-electron chi connectivity index (χ0n) is 8.01. The third kappa shape index (κ3) is 1.69. The van der Waals surface area contributed by atoms with Crippen molar-refractivity contribution in [2.45, 2.75) is 31.2 Å². The highest BCUT2D eigenvalue weighted by Crippen LogP contribution is 2.37. The number of hydrogen-bond acceptors (Lipinski definition) is 4. The molecule has 1 heterocycles. The van der Waals surface area contributed by atoms with Gasteiger partial charge in [-0.1, -0.05) is 0 Å². The third-order valence-electron chi connectivity index (χ3n) is 2.80. The Morgan fingerprint density at radius 3 is 2.46 bits per heavy atom. The minimum Gasteiger partial charge on any atom is -0.468 e. The quantitative estimate of drug-likeness (QED) is 0.640. The molecule has 4 heteroatoms. The van der Waals surface area contributed by atoms with Crippen LogP contribution in [0.5, 0.6) is 0 Å². The highest BCUT2D eigenvalue weighted by molar-refractivity contribution is 5.83. The van der Waals surface area contributed by atoms with Gasteiger partial charge >= 0.3 is 5.97 Å². The maximum atomic E-state index is 11.4. The van der Waals surface area contributed by atoms with Gasteiger partial charge in [-0.2, -0.15) is 0 Å². The average Bonchev–Trinajstić information content (AvgIpc) is 2.73. The van der Waals surface area contributed by atoms with Crippen LogP contribution in [0.15, 0.2) is 0 Å². The first-order valence-corrected chi connectivity index (χ1v) is 4.88. The van der Waals surface area contributed by atoms with E-state index in [-0.39, 0.29) is 11.5 Å². The molecule has 0 aromatic heterocycles. The van der Waals surface area contributed by atoms with Crippen LogP contribution >= 0.6 is 0 Å². The summed E-state index contributed by atoms with van der Waals surface area (Å²) in [6, 6.07) is 0. The van der Waals surface area contributed by atoms with Gasteiger partial charge in [-0.15, -0.1) is 0 Å². The zero-order chi connectivity index (χ0) is 9.31. The molecule has 2 fully saturated rings. The Labute approximate surface area is 78.2 Å². The van der Waals surface area contributed by atoms with Gasteiger partial charge in [0.25, 0.3) is 0 Å². The van der Waals surface area contributed by atoms with Crippen molar-refractivity contribution in [1.82, 2.24) is 10.4 Å². The fourth-order valence-corrected chi connectivity index (χ4v) is 1.81. The lowest BCUT2D eigenvalue weighted by molar-refractivity contribution is -0.146. The first-order chi connectivity index (χ1) is 6.27. The number of nitrogens with zero attached hydrogens (tertiary/aromatic N) is 1. The van der Waals surface area contributed by atoms with E-state index >= 15 is 0 Å². The molecule has 0 atom stereocenters. The molecule has 1 aliphatic heterocycles. The van der Waals surface area contributed by atoms with Crippen molar-refractivity contribution >= 4 is 5.97 Å². The Bertz CT molecular complexity index is 208. The van der Waals surface area contributed by atoms with Crippen molar-refractivity contribution < 1.29 is 9.53 Å². The molecule has 0 spiro atoms. The molecule has 74 valence electrons. The fourth-order valence-electron chi connectivity index (χ4n) is 1.81. The molecule has 13 heavy (non-hydrogen) atoms. The van der Waals surface area contributed by atoms with Gasteiger partial charge in [-0.05, 0) is 25.7 Å². The summed E-state index contributed by atoms with van der Waals surface area (Å²) < 4.78 is 4.76. The van der Waals surface area contributed by atoms with E-state index in [2.05, 4.69) is 10.4 Å². The largest absolute Gasteiger partial charge is 0.468 e.